The lowest BCUT2D eigenvalue weighted by Gasteiger charge is -2.34. The molecule has 108 valence electrons. The number of carbonyl (C=O) groups is 1. The van der Waals surface area contributed by atoms with Crippen LogP contribution in [-0.2, 0) is 15.6 Å². The van der Waals surface area contributed by atoms with Gasteiger partial charge >= 0.3 is 0 Å². The number of hydrogen-bond donors (Lipinski definition) is 0. The summed E-state index contributed by atoms with van der Waals surface area (Å²) in [4.78, 5) is 13.2. The van der Waals surface area contributed by atoms with E-state index in [-0.39, 0.29) is 10.8 Å². The van der Waals surface area contributed by atoms with Gasteiger partial charge in [0.1, 0.15) is 5.75 Å². The Bertz CT molecular complexity index is 563. The summed E-state index contributed by atoms with van der Waals surface area (Å²) < 4.78 is 5.45. The first-order chi connectivity index (χ1) is 9.43. The van der Waals surface area contributed by atoms with Crippen LogP contribution in [0.1, 0.15) is 62.6 Å². The van der Waals surface area contributed by atoms with Crippen LogP contribution in [0, 0.1) is 6.92 Å². The van der Waals surface area contributed by atoms with Crippen LogP contribution < -0.4 is 4.74 Å². The van der Waals surface area contributed by atoms with E-state index in [1.807, 2.05) is 0 Å². The lowest BCUT2D eigenvalue weighted by atomic mass is 9.68. The number of benzene rings is 1. The summed E-state index contributed by atoms with van der Waals surface area (Å²) in [5, 5.41) is 0. The number of fused-ring (bicyclic) bond motifs is 2. The highest BCUT2D eigenvalue weighted by Crippen LogP contribution is 2.55. The van der Waals surface area contributed by atoms with Crippen LogP contribution in [0.15, 0.2) is 12.1 Å². The number of rotatable bonds is 1. The summed E-state index contributed by atoms with van der Waals surface area (Å²) >= 11 is 0. The number of ketones is 1. The van der Waals surface area contributed by atoms with Crippen molar-refractivity contribution in [3.63, 3.8) is 0 Å². The smallest absolute Gasteiger partial charge is 0.153 e. The van der Waals surface area contributed by atoms with Crippen molar-refractivity contribution < 1.29 is 9.53 Å². The van der Waals surface area contributed by atoms with Gasteiger partial charge in [-0.25, -0.2) is 0 Å². The van der Waals surface area contributed by atoms with Gasteiger partial charge in [0, 0.05) is 5.41 Å². The molecule has 0 atom stereocenters. The Morgan fingerprint density at radius 2 is 1.75 bits per heavy atom. The summed E-state index contributed by atoms with van der Waals surface area (Å²) in [5.41, 5.74) is 3.11. The number of carbonyl (C=O) groups excluding carboxylic acids is 1. The van der Waals surface area contributed by atoms with Gasteiger partial charge in [-0.2, -0.15) is 0 Å². The molecule has 0 N–H and O–H groups in total. The predicted molar refractivity (Wildman–Crippen MR) is 80.5 cm³/mol. The van der Waals surface area contributed by atoms with E-state index < -0.39 is 0 Å². The lowest BCUT2D eigenvalue weighted by molar-refractivity contribution is -0.128. The van der Waals surface area contributed by atoms with E-state index in [4.69, 9.17) is 4.74 Å². The second-order valence-corrected chi connectivity index (χ2v) is 6.96. The van der Waals surface area contributed by atoms with E-state index in [9.17, 15) is 4.79 Å². The molecule has 2 nitrogen and oxygen atoms in total. The summed E-state index contributed by atoms with van der Waals surface area (Å²) in [7, 11) is 1.70. The van der Waals surface area contributed by atoms with Gasteiger partial charge in [-0.15, -0.1) is 0 Å². The fourth-order valence-electron chi connectivity index (χ4n) is 4.56. The molecule has 2 aliphatic rings. The molecule has 0 radical (unpaired) electrons. The first kappa shape index (κ1) is 13.7. The standard InChI is InChI=1S/C18H24O2/c1-12-10-13(20-4)11-14-15(12)17(2,3)16(19)18(14)8-6-5-7-9-18/h10-11H,5-9H2,1-4H3. The average Bonchev–Trinajstić information content (AvgIpc) is 2.60. The first-order valence-corrected chi connectivity index (χ1v) is 7.68. The highest BCUT2D eigenvalue weighted by atomic mass is 16.5. The number of methoxy groups -OCH3 is 1. The molecule has 0 amide bonds. The van der Waals surface area contributed by atoms with Gasteiger partial charge < -0.3 is 4.74 Å². The van der Waals surface area contributed by atoms with Crippen molar-refractivity contribution in [2.75, 3.05) is 7.11 Å². The van der Waals surface area contributed by atoms with E-state index >= 15 is 0 Å². The van der Waals surface area contributed by atoms with Crippen LogP contribution in [0.25, 0.3) is 0 Å². The quantitative estimate of drug-likeness (QED) is 0.770. The van der Waals surface area contributed by atoms with Crippen molar-refractivity contribution in [1.29, 1.82) is 0 Å². The molecular formula is C18H24O2. The Balaban J connectivity index is 2.27. The second kappa shape index (κ2) is 4.34. The zero-order valence-corrected chi connectivity index (χ0v) is 13.0. The summed E-state index contributed by atoms with van der Waals surface area (Å²) in [6, 6.07) is 4.19. The van der Waals surface area contributed by atoms with Crippen LogP contribution in [0.2, 0.25) is 0 Å². The van der Waals surface area contributed by atoms with Crippen LogP contribution in [0.4, 0.5) is 0 Å². The van der Waals surface area contributed by atoms with Gasteiger partial charge in [-0.05, 0) is 62.4 Å². The molecule has 0 bridgehead atoms. The van der Waals surface area contributed by atoms with Crippen molar-refractivity contribution in [3.8, 4) is 5.75 Å². The largest absolute Gasteiger partial charge is 0.497 e. The molecule has 3 rings (SSSR count). The normalized spacial score (nSPS) is 22.9. The first-order valence-electron chi connectivity index (χ1n) is 7.68. The number of ether oxygens (including phenoxy) is 1. The third-order valence-electron chi connectivity index (χ3n) is 5.39. The van der Waals surface area contributed by atoms with Crippen LogP contribution >= 0.6 is 0 Å². The SMILES string of the molecule is COc1cc(C)c2c(c1)C1(CCCCC1)C(=O)C2(C)C. The third-order valence-corrected chi connectivity index (χ3v) is 5.39. The second-order valence-electron chi connectivity index (χ2n) is 6.96. The van der Waals surface area contributed by atoms with Gasteiger partial charge in [-0.3, -0.25) is 4.79 Å². The van der Waals surface area contributed by atoms with E-state index in [1.165, 1.54) is 23.1 Å². The molecule has 1 saturated carbocycles. The third kappa shape index (κ3) is 1.60. The molecule has 1 spiro atoms. The van der Waals surface area contributed by atoms with Crippen LogP contribution in [0.3, 0.4) is 0 Å². The minimum absolute atomic E-state index is 0.240. The van der Waals surface area contributed by atoms with Crippen molar-refractivity contribution in [3.05, 3.63) is 28.8 Å². The highest BCUT2D eigenvalue weighted by molar-refractivity contribution is 6.04. The minimum atomic E-state index is -0.358. The maximum atomic E-state index is 13.2. The van der Waals surface area contributed by atoms with E-state index in [0.717, 1.165) is 31.4 Å². The summed E-state index contributed by atoms with van der Waals surface area (Å²) in [5.74, 6) is 1.31. The highest BCUT2D eigenvalue weighted by Gasteiger charge is 2.56. The average molecular weight is 272 g/mol. The molecule has 2 heteroatoms. The van der Waals surface area contributed by atoms with Crippen molar-refractivity contribution in [2.24, 2.45) is 0 Å². The summed E-state index contributed by atoms with van der Waals surface area (Å²) in [6.07, 6.45) is 5.60. The topological polar surface area (TPSA) is 26.3 Å². The van der Waals surface area contributed by atoms with Crippen LogP contribution in [0.5, 0.6) is 5.75 Å². The molecule has 0 heterocycles. The molecular weight excluding hydrogens is 248 g/mol. The zero-order valence-electron chi connectivity index (χ0n) is 13.0. The molecule has 2 aliphatic carbocycles. The van der Waals surface area contributed by atoms with Crippen molar-refractivity contribution >= 4 is 5.78 Å². The maximum absolute atomic E-state index is 13.2. The predicted octanol–water partition coefficient (Wildman–Crippen LogP) is 4.07. The molecule has 0 aliphatic heterocycles. The fraction of sp³-hybridized carbons (Fsp3) is 0.611. The molecule has 1 aromatic rings. The van der Waals surface area contributed by atoms with E-state index in [1.54, 1.807) is 7.11 Å². The Morgan fingerprint density at radius 3 is 2.35 bits per heavy atom. The van der Waals surface area contributed by atoms with Gasteiger partial charge in [-0.1, -0.05) is 19.3 Å². The molecule has 20 heavy (non-hydrogen) atoms. The van der Waals surface area contributed by atoms with Gasteiger partial charge in [0.05, 0.1) is 12.5 Å². The van der Waals surface area contributed by atoms with Gasteiger partial charge in [0.15, 0.2) is 5.78 Å². The van der Waals surface area contributed by atoms with E-state index in [0.29, 0.717) is 5.78 Å². The lowest BCUT2D eigenvalue weighted by Crippen LogP contribution is -2.40. The van der Waals surface area contributed by atoms with Crippen LogP contribution in [-0.4, -0.2) is 12.9 Å². The Hall–Kier alpha value is -1.31. The van der Waals surface area contributed by atoms with Gasteiger partial charge in [0.2, 0.25) is 0 Å². The Morgan fingerprint density at radius 1 is 1.10 bits per heavy atom. The summed E-state index contributed by atoms with van der Waals surface area (Å²) in [6.45, 7) is 6.30. The Kier molecular flexibility index (Phi) is 2.97. The minimum Gasteiger partial charge on any atom is -0.497 e. The molecule has 1 fully saturated rings. The van der Waals surface area contributed by atoms with Crippen molar-refractivity contribution in [2.45, 2.75) is 63.7 Å². The molecule has 0 unspecified atom stereocenters. The zero-order chi connectivity index (χ0) is 14.5. The fourth-order valence-corrected chi connectivity index (χ4v) is 4.56. The number of aryl methyl sites for hydroxylation is 1. The maximum Gasteiger partial charge on any atom is 0.153 e. The Labute approximate surface area is 121 Å². The van der Waals surface area contributed by atoms with Crippen molar-refractivity contribution in [1.82, 2.24) is 0 Å². The monoisotopic (exact) mass is 272 g/mol. The molecule has 0 saturated heterocycles. The number of Topliss-reactive ketones (excluding diaryl/α,β-unsaturated/α-hetero) is 1. The van der Waals surface area contributed by atoms with E-state index in [2.05, 4.69) is 32.9 Å². The molecule has 0 aromatic heterocycles. The van der Waals surface area contributed by atoms with Gasteiger partial charge in [0.25, 0.3) is 0 Å². The molecule has 1 aromatic carbocycles. The number of hydrogen-bond acceptors (Lipinski definition) is 2.